The topological polar surface area (TPSA) is 57.5 Å². The summed E-state index contributed by atoms with van der Waals surface area (Å²) in [7, 11) is 2.09. The lowest BCUT2D eigenvalue weighted by Gasteiger charge is -2.43. The molecule has 3 rings (SSSR count). The van der Waals surface area contributed by atoms with Gasteiger partial charge in [0.25, 0.3) is 0 Å². The molecule has 2 aliphatic heterocycles. The van der Waals surface area contributed by atoms with E-state index in [-0.39, 0.29) is 6.03 Å². The van der Waals surface area contributed by atoms with Crippen molar-refractivity contribution in [2.24, 2.45) is 0 Å². The van der Waals surface area contributed by atoms with Crippen molar-refractivity contribution in [3.8, 4) is 0 Å². The molecular weight excluding hydrogens is 232 g/mol. The fourth-order valence-corrected chi connectivity index (χ4v) is 2.39. The summed E-state index contributed by atoms with van der Waals surface area (Å²) < 4.78 is 1.83. The van der Waals surface area contributed by atoms with Gasteiger partial charge in [0.05, 0.1) is 12.2 Å². The van der Waals surface area contributed by atoms with Crippen LogP contribution in [0.25, 0.3) is 0 Å². The summed E-state index contributed by atoms with van der Waals surface area (Å²) in [5, 5.41) is 7.75. The molecular formula is C11H18N6O. The molecule has 3 heterocycles. The second kappa shape index (κ2) is 4.56. The van der Waals surface area contributed by atoms with Crippen LogP contribution in [0.1, 0.15) is 6.04 Å². The third-order valence-electron chi connectivity index (χ3n) is 3.72. The maximum Gasteiger partial charge on any atom is 0.320 e. The zero-order chi connectivity index (χ0) is 12.5. The number of rotatable bonds is 1. The Bertz CT molecular complexity index is 405. The zero-order valence-corrected chi connectivity index (χ0v) is 10.6. The molecule has 0 saturated carbocycles. The summed E-state index contributed by atoms with van der Waals surface area (Å²) in [6.45, 7) is 5.08. The molecule has 0 N–H and O–H groups in total. The number of piperazine rings is 1. The summed E-state index contributed by atoms with van der Waals surface area (Å²) in [6, 6.07) is 0.461. The average molecular weight is 250 g/mol. The normalized spacial score (nSPS) is 22.1. The molecule has 2 aliphatic rings. The Kier molecular flexibility index (Phi) is 2.91. The number of aromatic nitrogens is 3. The first kappa shape index (κ1) is 11.5. The molecule has 0 bridgehead atoms. The smallest absolute Gasteiger partial charge is 0.320 e. The van der Waals surface area contributed by atoms with Crippen molar-refractivity contribution in [2.45, 2.75) is 6.04 Å². The van der Waals surface area contributed by atoms with Crippen LogP contribution in [0.2, 0.25) is 0 Å². The third kappa shape index (κ3) is 2.05. The first-order valence-electron chi connectivity index (χ1n) is 6.32. The lowest BCUT2D eigenvalue weighted by molar-refractivity contribution is 0.0747. The molecule has 18 heavy (non-hydrogen) atoms. The first-order valence-corrected chi connectivity index (χ1v) is 6.32. The van der Waals surface area contributed by atoms with Crippen molar-refractivity contribution in [1.29, 1.82) is 0 Å². The minimum Gasteiger partial charge on any atom is -0.322 e. The molecule has 0 spiro atoms. The molecule has 2 amide bonds. The highest BCUT2D eigenvalue weighted by Crippen LogP contribution is 2.21. The minimum absolute atomic E-state index is 0.166. The average Bonchev–Trinajstić information content (AvgIpc) is 2.81. The van der Waals surface area contributed by atoms with Crippen molar-refractivity contribution < 1.29 is 4.79 Å². The van der Waals surface area contributed by atoms with Crippen molar-refractivity contribution >= 4 is 6.03 Å². The highest BCUT2D eigenvalue weighted by molar-refractivity contribution is 5.75. The van der Waals surface area contributed by atoms with Crippen LogP contribution >= 0.6 is 0 Å². The van der Waals surface area contributed by atoms with E-state index in [1.165, 1.54) is 0 Å². The number of carbonyl (C=O) groups is 1. The summed E-state index contributed by atoms with van der Waals surface area (Å²) in [6.07, 6.45) is 3.52. The molecule has 0 atom stereocenters. The van der Waals surface area contributed by atoms with Gasteiger partial charge in [-0.15, -0.1) is 5.10 Å². The Hall–Kier alpha value is -1.63. The predicted molar refractivity (Wildman–Crippen MR) is 65.1 cm³/mol. The van der Waals surface area contributed by atoms with Gasteiger partial charge in [0, 0.05) is 45.5 Å². The molecule has 1 aromatic heterocycles. The number of likely N-dealkylation sites (N-methyl/N-ethyl adjacent to an activating group) is 1. The predicted octanol–water partition coefficient (Wildman–Crippen LogP) is -0.498. The van der Waals surface area contributed by atoms with Crippen LogP contribution in [0.5, 0.6) is 0 Å². The molecule has 7 nitrogen and oxygen atoms in total. The largest absolute Gasteiger partial charge is 0.322 e. The van der Waals surface area contributed by atoms with Crippen molar-refractivity contribution in [3.05, 3.63) is 12.4 Å². The second-order valence-electron chi connectivity index (χ2n) is 5.01. The van der Waals surface area contributed by atoms with Crippen LogP contribution in [-0.2, 0) is 0 Å². The zero-order valence-electron chi connectivity index (χ0n) is 10.6. The number of likely N-dealkylation sites (tertiary alicyclic amines) is 1. The van der Waals surface area contributed by atoms with E-state index in [0.717, 1.165) is 39.3 Å². The Morgan fingerprint density at radius 2 is 1.89 bits per heavy atom. The monoisotopic (exact) mass is 250 g/mol. The Morgan fingerprint density at radius 3 is 2.50 bits per heavy atom. The maximum atomic E-state index is 12.2. The van der Waals surface area contributed by atoms with Gasteiger partial charge >= 0.3 is 6.03 Å². The fraction of sp³-hybridized carbons (Fsp3) is 0.727. The molecule has 1 aromatic rings. The van der Waals surface area contributed by atoms with Crippen LogP contribution in [-0.4, -0.2) is 82.0 Å². The summed E-state index contributed by atoms with van der Waals surface area (Å²) in [5.74, 6) is 0. The van der Waals surface area contributed by atoms with Crippen LogP contribution in [0, 0.1) is 0 Å². The number of hydrogen-bond acceptors (Lipinski definition) is 4. The lowest BCUT2D eigenvalue weighted by atomic mass is 10.1. The fourth-order valence-electron chi connectivity index (χ4n) is 2.39. The molecule has 2 fully saturated rings. The van der Waals surface area contributed by atoms with Gasteiger partial charge < -0.3 is 14.7 Å². The van der Waals surface area contributed by atoms with E-state index in [4.69, 9.17) is 0 Å². The Labute approximate surface area is 106 Å². The van der Waals surface area contributed by atoms with Crippen molar-refractivity contribution in [3.63, 3.8) is 0 Å². The molecule has 98 valence electrons. The van der Waals surface area contributed by atoms with Gasteiger partial charge in [0.2, 0.25) is 0 Å². The number of nitrogens with zero attached hydrogens (tertiary/aromatic N) is 6. The first-order chi connectivity index (χ1) is 8.74. The van der Waals surface area contributed by atoms with Gasteiger partial charge in [-0.3, -0.25) is 0 Å². The van der Waals surface area contributed by atoms with E-state index in [1.807, 2.05) is 20.7 Å². The van der Waals surface area contributed by atoms with Crippen molar-refractivity contribution in [1.82, 2.24) is 29.7 Å². The molecule has 0 unspecified atom stereocenters. The Morgan fingerprint density at radius 1 is 1.17 bits per heavy atom. The van der Waals surface area contributed by atoms with Gasteiger partial charge in [-0.1, -0.05) is 5.21 Å². The van der Waals surface area contributed by atoms with E-state index in [1.54, 1.807) is 6.20 Å². The molecule has 0 aliphatic carbocycles. The quantitative estimate of drug-likeness (QED) is 0.674. The molecule has 0 radical (unpaired) electrons. The standard InChI is InChI=1S/C11H18N6O/c1-14-4-6-15(7-5-14)11(18)16-8-10(9-16)17-3-2-12-13-17/h2-3,10H,4-9H2,1H3. The van der Waals surface area contributed by atoms with Crippen LogP contribution in [0.4, 0.5) is 4.79 Å². The second-order valence-corrected chi connectivity index (χ2v) is 5.01. The van der Waals surface area contributed by atoms with Gasteiger partial charge in [-0.2, -0.15) is 0 Å². The van der Waals surface area contributed by atoms with Gasteiger partial charge in [0.1, 0.15) is 0 Å². The van der Waals surface area contributed by atoms with Gasteiger partial charge in [0.15, 0.2) is 0 Å². The molecule has 7 heteroatoms. The highest BCUT2D eigenvalue weighted by atomic mass is 16.2. The van der Waals surface area contributed by atoms with Crippen LogP contribution in [0.3, 0.4) is 0 Å². The van der Waals surface area contributed by atoms with E-state index < -0.39 is 0 Å². The van der Waals surface area contributed by atoms with Gasteiger partial charge in [-0.25, -0.2) is 9.48 Å². The third-order valence-corrected chi connectivity index (χ3v) is 3.72. The van der Waals surface area contributed by atoms with Gasteiger partial charge in [-0.05, 0) is 7.05 Å². The number of amides is 2. The maximum absolute atomic E-state index is 12.2. The minimum atomic E-state index is 0.166. The molecule has 2 saturated heterocycles. The molecule has 0 aromatic carbocycles. The van der Waals surface area contributed by atoms with Crippen LogP contribution < -0.4 is 0 Å². The van der Waals surface area contributed by atoms with E-state index >= 15 is 0 Å². The Balaban J connectivity index is 1.51. The van der Waals surface area contributed by atoms with E-state index in [2.05, 4.69) is 22.3 Å². The summed E-state index contributed by atoms with van der Waals surface area (Å²) in [4.78, 5) is 18.3. The number of urea groups is 1. The highest BCUT2D eigenvalue weighted by Gasteiger charge is 2.35. The lowest BCUT2D eigenvalue weighted by Crippen LogP contribution is -2.58. The summed E-state index contributed by atoms with van der Waals surface area (Å²) in [5.41, 5.74) is 0. The van der Waals surface area contributed by atoms with Crippen LogP contribution in [0.15, 0.2) is 12.4 Å². The number of hydrogen-bond donors (Lipinski definition) is 0. The van der Waals surface area contributed by atoms with E-state index in [0.29, 0.717) is 6.04 Å². The van der Waals surface area contributed by atoms with Crippen molar-refractivity contribution in [2.75, 3.05) is 46.3 Å². The number of carbonyl (C=O) groups excluding carboxylic acids is 1. The SMILES string of the molecule is CN1CCN(C(=O)N2CC(n3ccnn3)C2)CC1. The van der Waals surface area contributed by atoms with E-state index in [9.17, 15) is 4.79 Å². The summed E-state index contributed by atoms with van der Waals surface area (Å²) >= 11 is 0.